The number of nitrogens with zero attached hydrogens (tertiary/aromatic N) is 1. The van der Waals surface area contributed by atoms with Crippen LogP contribution in [0, 0.1) is 0 Å². The highest BCUT2D eigenvalue weighted by Gasteiger charge is 2.07. The first-order chi connectivity index (χ1) is 11.7. The minimum absolute atomic E-state index is 0.400. The second-order valence-corrected chi connectivity index (χ2v) is 6.01. The molecule has 1 aromatic heterocycles. The van der Waals surface area contributed by atoms with Gasteiger partial charge < -0.3 is 14.6 Å². The van der Waals surface area contributed by atoms with Crippen LogP contribution in [0.3, 0.4) is 0 Å². The fraction of sp³-hybridized carbons (Fsp3) is 0.111. The monoisotopic (exact) mass is 341 g/mol. The lowest BCUT2D eigenvalue weighted by molar-refractivity contribution is -0.139. The number of fused-ring (bicyclic) bond motifs is 1. The van der Waals surface area contributed by atoms with Crippen molar-refractivity contribution >= 4 is 39.7 Å². The number of thiazole rings is 1. The molecule has 122 valence electrons. The van der Waals surface area contributed by atoms with Gasteiger partial charge in [0.1, 0.15) is 5.01 Å². The van der Waals surface area contributed by atoms with Crippen molar-refractivity contribution in [3.8, 4) is 11.5 Å². The molecule has 5 nitrogen and oxygen atoms in total. The Morgan fingerprint density at radius 1 is 1.21 bits per heavy atom. The lowest BCUT2D eigenvalue weighted by Crippen LogP contribution is -2.10. The molecule has 0 saturated carbocycles. The van der Waals surface area contributed by atoms with E-state index in [4.69, 9.17) is 14.6 Å². The average Bonchev–Trinajstić information content (AvgIpc) is 3.01. The third-order valence-electron chi connectivity index (χ3n) is 3.27. The highest BCUT2D eigenvalue weighted by atomic mass is 32.1. The van der Waals surface area contributed by atoms with E-state index in [1.165, 1.54) is 7.11 Å². The summed E-state index contributed by atoms with van der Waals surface area (Å²) < 4.78 is 11.6. The largest absolute Gasteiger partial charge is 0.493 e. The number of benzene rings is 2. The summed E-state index contributed by atoms with van der Waals surface area (Å²) in [6.07, 6.45) is 3.87. The molecule has 0 aliphatic rings. The Labute approximate surface area is 142 Å². The molecule has 0 atom stereocenters. The van der Waals surface area contributed by atoms with Crippen molar-refractivity contribution in [2.45, 2.75) is 0 Å². The van der Waals surface area contributed by atoms with E-state index in [-0.39, 0.29) is 0 Å². The zero-order valence-electron chi connectivity index (χ0n) is 12.9. The summed E-state index contributed by atoms with van der Waals surface area (Å²) in [5.74, 6) is -0.142. The molecule has 0 radical (unpaired) electrons. The minimum Gasteiger partial charge on any atom is -0.493 e. The molecule has 0 spiro atoms. The molecule has 0 unspecified atom stereocenters. The van der Waals surface area contributed by atoms with E-state index in [2.05, 4.69) is 4.98 Å². The van der Waals surface area contributed by atoms with E-state index in [9.17, 15) is 4.79 Å². The zero-order chi connectivity index (χ0) is 16.9. The first-order valence-electron chi connectivity index (χ1n) is 7.22. The molecule has 0 aliphatic carbocycles. The first-order valence-corrected chi connectivity index (χ1v) is 8.03. The van der Waals surface area contributed by atoms with Gasteiger partial charge >= 0.3 is 5.97 Å². The number of aliphatic carboxylic acids is 1. The molecule has 0 aliphatic heterocycles. The van der Waals surface area contributed by atoms with Gasteiger partial charge in [0.05, 0.1) is 17.3 Å². The van der Waals surface area contributed by atoms with Gasteiger partial charge in [0, 0.05) is 0 Å². The molecular weight excluding hydrogens is 326 g/mol. The molecule has 1 heterocycles. The number of aromatic nitrogens is 1. The third kappa shape index (κ3) is 3.72. The summed E-state index contributed by atoms with van der Waals surface area (Å²) in [5, 5.41) is 9.60. The number of carboxylic acids is 1. The van der Waals surface area contributed by atoms with Crippen LogP contribution in [-0.4, -0.2) is 29.8 Å². The van der Waals surface area contributed by atoms with Gasteiger partial charge in [-0.1, -0.05) is 24.3 Å². The van der Waals surface area contributed by atoms with Crippen molar-refractivity contribution in [2.75, 3.05) is 13.7 Å². The van der Waals surface area contributed by atoms with Crippen molar-refractivity contribution in [1.29, 1.82) is 0 Å². The Hall–Kier alpha value is -2.86. The predicted molar refractivity (Wildman–Crippen MR) is 94.7 cm³/mol. The van der Waals surface area contributed by atoms with Crippen LogP contribution >= 0.6 is 11.3 Å². The first kappa shape index (κ1) is 16.0. The van der Waals surface area contributed by atoms with Crippen molar-refractivity contribution in [2.24, 2.45) is 0 Å². The standard InChI is InChI=1S/C18H15NO4S/c1-22-15-10-12(6-8-14(15)23-11-18(20)21)7-9-17-19-13-4-2-3-5-16(13)24-17/h2-10H,11H2,1H3,(H,20,21)/b9-7+. The van der Waals surface area contributed by atoms with Crippen LogP contribution in [-0.2, 0) is 4.79 Å². The maximum Gasteiger partial charge on any atom is 0.341 e. The Balaban J connectivity index is 1.80. The summed E-state index contributed by atoms with van der Waals surface area (Å²) in [5.41, 5.74) is 1.89. The second kappa shape index (κ2) is 7.14. The summed E-state index contributed by atoms with van der Waals surface area (Å²) in [6, 6.07) is 13.3. The van der Waals surface area contributed by atoms with Crippen LogP contribution in [0.25, 0.3) is 22.4 Å². The second-order valence-electron chi connectivity index (χ2n) is 4.95. The quantitative estimate of drug-likeness (QED) is 0.735. The topological polar surface area (TPSA) is 68.7 Å². The van der Waals surface area contributed by atoms with Crippen molar-refractivity contribution in [3.05, 3.63) is 53.0 Å². The fourth-order valence-corrected chi connectivity index (χ4v) is 3.05. The molecule has 0 amide bonds. The summed E-state index contributed by atoms with van der Waals surface area (Å²) >= 11 is 1.62. The van der Waals surface area contributed by atoms with Crippen LogP contribution in [0.5, 0.6) is 11.5 Å². The molecule has 3 aromatic rings. The van der Waals surface area contributed by atoms with Gasteiger partial charge in [-0.25, -0.2) is 9.78 Å². The normalized spacial score (nSPS) is 11.0. The highest BCUT2D eigenvalue weighted by Crippen LogP contribution is 2.29. The number of hydrogen-bond donors (Lipinski definition) is 1. The van der Waals surface area contributed by atoms with Crippen LogP contribution in [0.2, 0.25) is 0 Å². The fourth-order valence-electron chi connectivity index (χ4n) is 2.18. The Morgan fingerprint density at radius 3 is 2.79 bits per heavy atom. The molecule has 3 rings (SSSR count). The van der Waals surface area contributed by atoms with E-state index >= 15 is 0 Å². The van der Waals surface area contributed by atoms with Gasteiger partial charge in [-0.15, -0.1) is 11.3 Å². The molecule has 2 aromatic carbocycles. The van der Waals surface area contributed by atoms with Crippen LogP contribution in [0.1, 0.15) is 10.6 Å². The van der Waals surface area contributed by atoms with E-state index in [0.29, 0.717) is 11.5 Å². The average molecular weight is 341 g/mol. The van der Waals surface area contributed by atoms with Gasteiger partial charge in [0.25, 0.3) is 0 Å². The van der Waals surface area contributed by atoms with Crippen LogP contribution < -0.4 is 9.47 Å². The third-order valence-corrected chi connectivity index (χ3v) is 4.27. The lowest BCUT2D eigenvalue weighted by atomic mass is 10.2. The Bertz CT molecular complexity index is 868. The number of carbonyl (C=O) groups is 1. The minimum atomic E-state index is -1.03. The Morgan fingerprint density at radius 2 is 2.04 bits per heavy atom. The SMILES string of the molecule is COc1cc(/C=C/c2nc3ccccc3s2)ccc1OCC(=O)O. The number of carboxylic acid groups (broad SMARTS) is 1. The summed E-state index contributed by atoms with van der Waals surface area (Å²) in [4.78, 5) is 15.1. The van der Waals surface area contributed by atoms with Crippen molar-refractivity contribution in [1.82, 2.24) is 4.98 Å². The van der Waals surface area contributed by atoms with E-state index in [1.807, 2.05) is 42.5 Å². The lowest BCUT2D eigenvalue weighted by Gasteiger charge is -2.09. The van der Waals surface area contributed by atoms with E-state index in [1.54, 1.807) is 23.5 Å². The molecule has 0 saturated heterocycles. The molecule has 1 N–H and O–H groups in total. The number of ether oxygens (including phenoxy) is 2. The number of rotatable bonds is 6. The summed E-state index contributed by atoms with van der Waals surface area (Å²) in [6.45, 7) is -0.406. The number of methoxy groups -OCH3 is 1. The number of hydrogen-bond acceptors (Lipinski definition) is 5. The maximum absolute atomic E-state index is 10.6. The highest BCUT2D eigenvalue weighted by molar-refractivity contribution is 7.19. The predicted octanol–water partition coefficient (Wildman–Crippen LogP) is 3.94. The van der Waals surface area contributed by atoms with Crippen LogP contribution in [0.15, 0.2) is 42.5 Å². The molecule has 24 heavy (non-hydrogen) atoms. The van der Waals surface area contributed by atoms with Gasteiger partial charge in [-0.05, 0) is 35.9 Å². The van der Waals surface area contributed by atoms with E-state index < -0.39 is 12.6 Å². The molecule has 0 bridgehead atoms. The summed E-state index contributed by atoms with van der Waals surface area (Å²) in [7, 11) is 1.52. The van der Waals surface area contributed by atoms with Gasteiger partial charge in [-0.2, -0.15) is 0 Å². The maximum atomic E-state index is 10.6. The number of para-hydroxylation sites is 1. The van der Waals surface area contributed by atoms with E-state index in [0.717, 1.165) is 20.8 Å². The van der Waals surface area contributed by atoms with Gasteiger partial charge in [0.15, 0.2) is 18.1 Å². The zero-order valence-corrected chi connectivity index (χ0v) is 13.7. The smallest absolute Gasteiger partial charge is 0.341 e. The molecular formula is C18H15NO4S. The van der Waals surface area contributed by atoms with Gasteiger partial charge in [0.2, 0.25) is 0 Å². The molecule has 6 heteroatoms. The van der Waals surface area contributed by atoms with Gasteiger partial charge in [-0.3, -0.25) is 0 Å². The Kier molecular flexibility index (Phi) is 4.77. The molecule has 0 fully saturated rings. The van der Waals surface area contributed by atoms with Crippen LogP contribution in [0.4, 0.5) is 0 Å². The van der Waals surface area contributed by atoms with Crippen molar-refractivity contribution < 1.29 is 19.4 Å². The van der Waals surface area contributed by atoms with Crippen molar-refractivity contribution in [3.63, 3.8) is 0 Å².